The molecule has 2 N–H and O–H groups in total. The number of hydrogen-bond acceptors (Lipinski definition) is 6. The maximum Gasteiger partial charge on any atom is 0.374 e. The van der Waals surface area contributed by atoms with Gasteiger partial charge in [-0.25, -0.2) is 4.79 Å². The minimum Gasteiger partial charge on any atom is -0.463 e. The second-order valence-electron chi connectivity index (χ2n) is 3.81. The first-order valence-electron chi connectivity index (χ1n) is 5.70. The van der Waals surface area contributed by atoms with E-state index in [1.165, 1.54) is 13.4 Å². The van der Waals surface area contributed by atoms with Gasteiger partial charge in [0.05, 0.1) is 20.0 Å². The fourth-order valence-electron chi connectivity index (χ4n) is 1.60. The number of rotatable bonds is 8. The third-order valence-electron chi connectivity index (χ3n) is 2.54. The Kier molecular flexibility index (Phi) is 6.42. The third-order valence-corrected chi connectivity index (χ3v) is 2.54. The van der Waals surface area contributed by atoms with Gasteiger partial charge in [0.1, 0.15) is 0 Å². The van der Waals surface area contributed by atoms with Crippen molar-refractivity contribution in [2.75, 3.05) is 27.4 Å². The first-order chi connectivity index (χ1) is 8.72. The number of carbonyl (C=O) groups is 1. The Morgan fingerprint density at radius 1 is 1.56 bits per heavy atom. The molecular formula is C12H19NO5. The molecule has 0 aromatic carbocycles. The predicted molar refractivity (Wildman–Crippen MR) is 64.3 cm³/mol. The number of esters is 1. The van der Waals surface area contributed by atoms with Crippen molar-refractivity contribution in [1.29, 1.82) is 0 Å². The van der Waals surface area contributed by atoms with Gasteiger partial charge in [0.15, 0.2) is 0 Å². The van der Waals surface area contributed by atoms with Gasteiger partial charge in [-0.15, -0.1) is 0 Å². The van der Waals surface area contributed by atoms with Crippen LogP contribution in [0.3, 0.4) is 0 Å². The van der Waals surface area contributed by atoms with Crippen LogP contribution in [0.2, 0.25) is 0 Å². The fraction of sp³-hybridized carbons (Fsp3) is 0.583. The highest BCUT2D eigenvalue weighted by Gasteiger charge is 2.16. The van der Waals surface area contributed by atoms with Crippen LogP contribution in [0.1, 0.15) is 22.5 Å². The molecule has 0 fully saturated rings. The minimum absolute atomic E-state index is 0.0281. The lowest BCUT2D eigenvalue weighted by Gasteiger charge is -2.16. The summed E-state index contributed by atoms with van der Waals surface area (Å²) in [5.74, 6) is -0.299. The van der Waals surface area contributed by atoms with Crippen molar-refractivity contribution < 1.29 is 23.8 Å². The summed E-state index contributed by atoms with van der Waals surface area (Å²) in [4.78, 5) is 11.4. The molecule has 1 unspecified atom stereocenters. The van der Waals surface area contributed by atoms with E-state index in [1.54, 1.807) is 13.2 Å². The number of hydrogen-bond donors (Lipinski definition) is 2. The molecule has 1 atom stereocenters. The molecule has 1 aromatic rings. The lowest BCUT2D eigenvalue weighted by Crippen LogP contribution is -2.33. The van der Waals surface area contributed by atoms with E-state index in [1.807, 2.05) is 0 Å². The molecule has 1 rings (SSSR count). The lowest BCUT2D eigenvalue weighted by atomic mass is 10.2. The van der Waals surface area contributed by atoms with Crippen LogP contribution in [0.4, 0.5) is 0 Å². The van der Waals surface area contributed by atoms with Crippen molar-refractivity contribution in [3.05, 3.63) is 23.7 Å². The molecule has 1 aromatic heterocycles. The number of aliphatic hydroxyl groups excluding tert-OH is 1. The average molecular weight is 257 g/mol. The van der Waals surface area contributed by atoms with Crippen LogP contribution in [0.15, 0.2) is 16.7 Å². The summed E-state index contributed by atoms with van der Waals surface area (Å²) in [5, 5.41) is 12.1. The van der Waals surface area contributed by atoms with E-state index in [4.69, 9.17) is 14.3 Å². The van der Waals surface area contributed by atoms with E-state index >= 15 is 0 Å². The number of ether oxygens (including phenoxy) is 2. The highest BCUT2D eigenvalue weighted by Crippen LogP contribution is 2.12. The fourth-order valence-corrected chi connectivity index (χ4v) is 1.60. The van der Waals surface area contributed by atoms with Crippen LogP contribution in [-0.2, 0) is 16.0 Å². The molecule has 0 radical (unpaired) electrons. The van der Waals surface area contributed by atoms with E-state index in [2.05, 4.69) is 10.1 Å². The van der Waals surface area contributed by atoms with Crippen molar-refractivity contribution in [3.63, 3.8) is 0 Å². The van der Waals surface area contributed by atoms with Crippen molar-refractivity contribution in [3.8, 4) is 0 Å². The predicted octanol–water partition coefficient (Wildman–Crippen LogP) is 0.553. The lowest BCUT2D eigenvalue weighted by molar-refractivity contribution is 0.0563. The molecule has 0 saturated carbocycles. The van der Waals surface area contributed by atoms with E-state index in [-0.39, 0.29) is 18.4 Å². The van der Waals surface area contributed by atoms with Crippen LogP contribution in [0.5, 0.6) is 0 Å². The van der Waals surface area contributed by atoms with E-state index < -0.39 is 5.97 Å². The summed E-state index contributed by atoms with van der Waals surface area (Å²) < 4.78 is 14.7. The average Bonchev–Trinajstić information content (AvgIpc) is 2.84. The maximum absolute atomic E-state index is 11.4. The summed E-state index contributed by atoms with van der Waals surface area (Å²) in [6.07, 6.45) is 2.03. The van der Waals surface area contributed by atoms with Crippen LogP contribution in [0.25, 0.3) is 0 Å². The Bertz CT molecular complexity index is 357. The molecule has 0 saturated heterocycles. The number of furan rings is 1. The van der Waals surface area contributed by atoms with Crippen LogP contribution >= 0.6 is 0 Å². The Balaban J connectivity index is 2.56. The summed E-state index contributed by atoms with van der Waals surface area (Å²) >= 11 is 0. The standard InChI is InChI=1S/C12H19NO5/c1-16-8-10(3-5-14)13-7-9-4-6-18-11(9)12(15)17-2/h4,6,10,13-14H,3,5,7-8H2,1-2H3. The number of aliphatic hydroxyl groups is 1. The molecule has 0 bridgehead atoms. The maximum atomic E-state index is 11.4. The molecule has 0 aliphatic heterocycles. The molecule has 0 aliphatic rings. The zero-order valence-electron chi connectivity index (χ0n) is 10.6. The third kappa shape index (κ3) is 4.14. The second kappa shape index (κ2) is 7.86. The van der Waals surface area contributed by atoms with Gasteiger partial charge < -0.3 is 24.3 Å². The van der Waals surface area contributed by atoms with Gasteiger partial charge in [-0.05, 0) is 12.5 Å². The van der Waals surface area contributed by atoms with Crippen molar-refractivity contribution in [1.82, 2.24) is 5.32 Å². The first kappa shape index (κ1) is 14.7. The largest absolute Gasteiger partial charge is 0.463 e. The van der Waals surface area contributed by atoms with Gasteiger partial charge in [-0.2, -0.15) is 0 Å². The quantitative estimate of drug-likeness (QED) is 0.662. The molecular weight excluding hydrogens is 238 g/mol. The van der Waals surface area contributed by atoms with Crippen LogP contribution in [0, 0.1) is 0 Å². The zero-order valence-corrected chi connectivity index (χ0v) is 10.6. The molecule has 102 valence electrons. The molecule has 0 spiro atoms. The normalized spacial score (nSPS) is 12.4. The Labute approximate surface area is 106 Å². The Morgan fingerprint density at radius 2 is 2.33 bits per heavy atom. The highest BCUT2D eigenvalue weighted by atomic mass is 16.5. The summed E-state index contributed by atoms with van der Waals surface area (Å²) in [6.45, 7) is 1.03. The number of methoxy groups -OCH3 is 2. The molecule has 6 heteroatoms. The molecule has 0 aliphatic carbocycles. The first-order valence-corrected chi connectivity index (χ1v) is 5.70. The van der Waals surface area contributed by atoms with Gasteiger partial charge in [-0.3, -0.25) is 0 Å². The highest BCUT2D eigenvalue weighted by molar-refractivity contribution is 5.87. The topological polar surface area (TPSA) is 80.9 Å². The van der Waals surface area contributed by atoms with Crippen LogP contribution < -0.4 is 5.32 Å². The molecule has 18 heavy (non-hydrogen) atoms. The number of carbonyl (C=O) groups excluding carboxylic acids is 1. The summed E-state index contributed by atoms with van der Waals surface area (Å²) in [7, 11) is 2.91. The van der Waals surface area contributed by atoms with Gasteiger partial charge in [0.2, 0.25) is 5.76 Å². The van der Waals surface area contributed by atoms with Crippen molar-refractivity contribution in [2.45, 2.75) is 19.0 Å². The number of nitrogens with one attached hydrogen (secondary N) is 1. The van der Waals surface area contributed by atoms with Gasteiger partial charge in [-0.1, -0.05) is 0 Å². The minimum atomic E-state index is -0.498. The monoisotopic (exact) mass is 257 g/mol. The van der Waals surface area contributed by atoms with Crippen molar-refractivity contribution in [2.24, 2.45) is 0 Å². The zero-order chi connectivity index (χ0) is 13.4. The smallest absolute Gasteiger partial charge is 0.374 e. The summed E-state index contributed by atoms with van der Waals surface area (Å²) in [5.41, 5.74) is 0.723. The molecule has 0 amide bonds. The Hall–Kier alpha value is -1.37. The van der Waals surface area contributed by atoms with Gasteiger partial charge >= 0.3 is 5.97 Å². The van der Waals surface area contributed by atoms with Gasteiger partial charge in [0, 0.05) is 31.9 Å². The van der Waals surface area contributed by atoms with Crippen LogP contribution in [-0.4, -0.2) is 44.6 Å². The van der Waals surface area contributed by atoms with Gasteiger partial charge in [0.25, 0.3) is 0 Å². The SMILES string of the molecule is COCC(CCO)NCc1ccoc1C(=O)OC. The second-order valence-corrected chi connectivity index (χ2v) is 3.81. The Morgan fingerprint density at radius 3 is 2.94 bits per heavy atom. The molecule has 6 nitrogen and oxygen atoms in total. The van der Waals surface area contributed by atoms with E-state index in [9.17, 15) is 4.79 Å². The van der Waals surface area contributed by atoms with E-state index in [0.29, 0.717) is 19.6 Å². The summed E-state index contributed by atoms with van der Waals surface area (Å²) in [6, 6.07) is 1.74. The molecule has 1 heterocycles. The van der Waals surface area contributed by atoms with E-state index in [0.717, 1.165) is 5.56 Å². The van der Waals surface area contributed by atoms with Crippen molar-refractivity contribution >= 4 is 5.97 Å².